The first-order valence-electron chi connectivity index (χ1n) is 4.73. The number of carbonyl (C=O) groups excluding carboxylic acids is 1. The number of hydrogen-bond donors (Lipinski definition) is 1. The van der Waals surface area contributed by atoms with Crippen molar-refractivity contribution in [1.82, 2.24) is 5.32 Å². The first-order chi connectivity index (χ1) is 6.50. The van der Waals surface area contributed by atoms with Gasteiger partial charge in [0.1, 0.15) is 5.84 Å². The Hall–Kier alpha value is -1.38. The average Bonchev–Trinajstić information content (AvgIpc) is 2.40. The minimum atomic E-state index is -0.0237. The molecule has 1 N–H and O–H groups in total. The maximum absolute atomic E-state index is 11.0. The van der Waals surface area contributed by atoms with Crippen molar-refractivity contribution in [3.8, 4) is 0 Å². The molecule has 1 saturated heterocycles. The standard InChI is InChI=1S/C11H16N2O/c1-7(2)9(4)6-12-11-8(3)5-10(14)13-11/h6-7H,3,5H2,1-2,4H3,(H,12,13,14)/b9-6+. The van der Waals surface area contributed by atoms with Gasteiger partial charge in [0, 0.05) is 6.20 Å². The van der Waals surface area contributed by atoms with E-state index in [1.54, 1.807) is 6.20 Å². The van der Waals surface area contributed by atoms with Crippen molar-refractivity contribution < 1.29 is 4.79 Å². The number of amides is 1. The largest absolute Gasteiger partial charge is 0.310 e. The number of nitrogens with one attached hydrogen (secondary N) is 1. The van der Waals surface area contributed by atoms with Gasteiger partial charge in [-0.3, -0.25) is 4.79 Å². The summed E-state index contributed by atoms with van der Waals surface area (Å²) in [5, 5.41) is 2.66. The molecule has 3 nitrogen and oxygen atoms in total. The molecular weight excluding hydrogens is 176 g/mol. The lowest BCUT2D eigenvalue weighted by Gasteiger charge is -2.02. The minimum absolute atomic E-state index is 0.0237. The number of aliphatic imine (C=N–C) groups is 1. The van der Waals surface area contributed by atoms with Gasteiger partial charge in [0.2, 0.25) is 5.91 Å². The second-order valence-corrected chi connectivity index (χ2v) is 3.83. The molecule has 1 rings (SSSR count). The van der Waals surface area contributed by atoms with Crippen LogP contribution in [0, 0.1) is 5.92 Å². The summed E-state index contributed by atoms with van der Waals surface area (Å²) in [5.74, 6) is 1.06. The summed E-state index contributed by atoms with van der Waals surface area (Å²) >= 11 is 0. The summed E-state index contributed by atoms with van der Waals surface area (Å²) in [5.41, 5.74) is 1.95. The second-order valence-electron chi connectivity index (χ2n) is 3.83. The predicted molar refractivity (Wildman–Crippen MR) is 57.9 cm³/mol. The number of amidine groups is 1. The van der Waals surface area contributed by atoms with Crippen molar-refractivity contribution in [2.45, 2.75) is 27.2 Å². The molecule has 0 aromatic rings. The number of hydrogen-bond acceptors (Lipinski definition) is 2. The van der Waals surface area contributed by atoms with Gasteiger partial charge in [0.15, 0.2) is 0 Å². The predicted octanol–water partition coefficient (Wildman–Crippen LogP) is 2.02. The van der Waals surface area contributed by atoms with E-state index in [0.29, 0.717) is 18.2 Å². The SMILES string of the molecule is C=C1CC(=O)NC1=N/C=C(\C)C(C)C. The summed E-state index contributed by atoms with van der Waals surface area (Å²) in [7, 11) is 0. The number of rotatable bonds is 2. The molecule has 0 saturated carbocycles. The molecule has 0 spiro atoms. The van der Waals surface area contributed by atoms with Gasteiger partial charge in [0.05, 0.1) is 6.42 Å². The molecule has 1 heterocycles. The number of nitrogens with zero attached hydrogens (tertiary/aromatic N) is 1. The van der Waals surface area contributed by atoms with Gasteiger partial charge in [-0.25, -0.2) is 4.99 Å². The maximum atomic E-state index is 11.0. The molecule has 0 aromatic carbocycles. The molecule has 1 aliphatic rings. The lowest BCUT2D eigenvalue weighted by molar-refractivity contribution is -0.118. The average molecular weight is 192 g/mol. The monoisotopic (exact) mass is 192 g/mol. The Balaban J connectivity index is 2.75. The quantitative estimate of drug-likeness (QED) is 0.714. The second kappa shape index (κ2) is 4.22. The van der Waals surface area contributed by atoms with Crippen LogP contribution in [0.25, 0.3) is 0 Å². The fourth-order valence-electron chi connectivity index (χ4n) is 0.981. The summed E-state index contributed by atoms with van der Waals surface area (Å²) in [6, 6.07) is 0. The molecule has 76 valence electrons. The third-order valence-corrected chi connectivity index (χ3v) is 2.27. The van der Waals surface area contributed by atoms with E-state index in [9.17, 15) is 4.79 Å². The van der Waals surface area contributed by atoms with Crippen LogP contribution in [0.5, 0.6) is 0 Å². The third-order valence-electron chi connectivity index (χ3n) is 2.27. The summed E-state index contributed by atoms with van der Waals surface area (Å²) in [6.45, 7) is 10.00. The van der Waals surface area contributed by atoms with Gasteiger partial charge >= 0.3 is 0 Å². The molecule has 0 atom stereocenters. The van der Waals surface area contributed by atoms with Crippen LogP contribution in [0.4, 0.5) is 0 Å². The van der Waals surface area contributed by atoms with Crippen molar-refractivity contribution >= 4 is 11.7 Å². The highest BCUT2D eigenvalue weighted by molar-refractivity contribution is 6.15. The van der Waals surface area contributed by atoms with Crippen LogP contribution in [0.1, 0.15) is 27.2 Å². The zero-order valence-electron chi connectivity index (χ0n) is 8.92. The van der Waals surface area contributed by atoms with E-state index in [4.69, 9.17) is 0 Å². The topological polar surface area (TPSA) is 41.5 Å². The van der Waals surface area contributed by atoms with E-state index in [0.717, 1.165) is 5.57 Å². The first-order valence-corrected chi connectivity index (χ1v) is 4.73. The van der Waals surface area contributed by atoms with Gasteiger partial charge in [-0.2, -0.15) is 0 Å². The van der Waals surface area contributed by atoms with Crippen LogP contribution >= 0.6 is 0 Å². The Kier molecular flexibility index (Phi) is 3.23. The van der Waals surface area contributed by atoms with E-state index in [1.165, 1.54) is 5.57 Å². The normalized spacial score (nSPS) is 20.9. The van der Waals surface area contributed by atoms with Gasteiger partial charge in [0.25, 0.3) is 0 Å². The summed E-state index contributed by atoms with van der Waals surface area (Å²) < 4.78 is 0. The molecular formula is C11H16N2O. The van der Waals surface area contributed by atoms with Crippen LogP contribution in [0.15, 0.2) is 28.9 Å². The molecule has 0 aromatic heterocycles. The fourth-order valence-corrected chi connectivity index (χ4v) is 0.981. The van der Waals surface area contributed by atoms with Crippen LogP contribution < -0.4 is 5.32 Å². The van der Waals surface area contributed by atoms with Gasteiger partial charge in [-0.1, -0.05) is 26.0 Å². The highest BCUT2D eigenvalue weighted by atomic mass is 16.1. The van der Waals surface area contributed by atoms with E-state index in [1.807, 2.05) is 6.92 Å². The molecule has 0 radical (unpaired) electrons. The molecule has 14 heavy (non-hydrogen) atoms. The van der Waals surface area contributed by atoms with E-state index in [2.05, 4.69) is 30.7 Å². The van der Waals surface area contributed by atoms with Crippen molar-refractivity contribution in [3.05, 3.63) is 23.9 Å². The molecule has 0 unspecified atom stereocenters. The third kappa shape index (κ3) is 2.55. The van der Waals surface area contributed by atoms with Crippen LogP contribution in [-0.2, 0) is 4.79 Å². The Morgan fingerprint density at radius 2 is 2.29 bits per heavy atom. The Morgan fingerprint density at radius 3 is 2.71 bits per heavy atom. The van der Waals surface area contributed by atoms with Crippen molar-refractivity contribution in [3.63, 3.8) is 0 Å². The van der Waals surface area contributed by atoms with Gasteiger partial charge < -0.3 is 5.32 Å². The first kappa shape index (κ1) is 10.7. The van der Waals surface area contributed by atoms with Crippen LogP contribution in [0.2, 0.25) is 0 Å². The van der Waals surface area contributed by atoms with E-state index in [-0.39, 0.29) is 5.91 Å². The van der Waals surface area contributed by atoms with E-state index < -0.39 is 0 Å². The Morgan fingerprint density at radius 1 is 1.64 bits per heavy atom. The molecule has 1 fully saturated rings. The zero-order chi connectivity index (χ0) is 10.7. The van der Waals surface area contributed by atoms with E-state index >= 15 is 0 Å². The summed E-state index contributed by atoms with van der Waals surface area (Å²) in [4.78, 5) is 15.2. The molecule has 0 bridgehead atoms. The number of carbonyl (C=O) groups is 1. The Bertz CT molecular complexity index is 324. The maximum Gasteiger partial charge on any atom is 0.230 e. The molecule has 3 heteroatoms. The van der Waals surface area contributed by atoms with Gasteiger partial charge in [-0.15, -0.1) is 0 Å². The Labute approximate surface area is 84.6 Å². The number of allylic oxidation sites excluding steroid dienone is 1. The minimum Gasteiger partial charge on any atom is -0.310 e. The lowest BCUT2D eigenvalue weighted by Crippen LogP contribution is -2.19. The summed E-state index contributed by atoms with van der Waals surface area (Å²) in [6.07, 6.45) is 2.16. The zero-order valence-corrected chi connectivity index (χ0v) is 8.92. The molecule has 1 aliphatic heterocycles. The van der Waals surface area contributed by atoms with Crippen molar-refractivity contribution in [2.24, 2.45) is 10.9 Å². The molecule has 1 amide bonds. The highest BCUT2D eigenvalue weighted by Gasteiger charge is 2.19. The lowest BCUT2D eigenvalue weighted by atomic mass is 10.1. The highest BCUT2D eigenvalue weighted by Crippen LogP contribution is 2.11. The fraction of sp³-hybridized carbons (Fsp3) is 0.455. The van der Waals surface area contributed by atoms with Crippen LogP contribution in [-0.4, -0.2) is 11.7 Å². The van der Waals surface area contributed by atoms with Crippen molar-refractivity contribution in [2.75, 3.05) is 0 Å². The van der Waals surface area contributed by atoms with Crippen LogP contribution in [0.3, 0.4) is 0 Å². The van der Waals surface area contributed by atoms with Crippen molar-refractivity contribution in [1.29, 1.82) is 0 Å². The molecule has 0 aliphatic carbocycles. The van der Waals surface area contributed by atoms with Gasteiger partial charge in [-0.05, 0) is 18.4 Å². The smallest absolute Gasteiger partial charge is 0.230 e.